The molecule has 0 aliphatic heterocycles. The van der Waals surface area contributed by atoms with Crippen LogP contribution in [0.25, 0.3) is 11.4 Å². The van der Waals surface area contributed by atoms with Crippen LogP contribution in [0.1, 0.15) is 18.9 Å². The molecule has 3 N–H and O–H groups in total. The summed E-state index contributed by atoms with van der Waals surface area (Å²) in [6.07, 6.45) is 0.661. The maximum atomic E-state index is 11.2. The highest BCUT2D eigenvalue weighted by atomic mass is 32.2. The van der Waals surface area contributed by atoms with Crippen molar-refractivity contribution >= 4 is 17.7 Å². The quantitative estimate of drug-likeness (QED) is 0.819. The Labute approximate surface area is 116 Å². The molecule has 0 spiro atoms. The zero-order valence-corrected chi connectivity index (χ0v) is 11.7. The van der Waals surface area contributed by atoms with Crippen molar-refractivity contribution in [2.75, 3.05) is 0 Å². The molecule has 100 valence electrons. The van der Waals surface area contributed by atoms with Crippen molar-refractivity contribution in [3.05, 3.63) is 29.8 Å². The lowest BCUT2D eigenvalue weighted by molar-refractivity contribution is -0.117. The van der Waals surface area contributed by atoms with Gasteiger partial charge in [-0.15, -0.1) is 5.10 Å². The first-order valence-electron chi connectivity index (χ1n) is 6.05. The molecule has 19 heavy (non-hydrogen) atoms. The van der Waals surface area contributed by atoms with Crippen LogP contribution in [0.5, 0.6) is 0 Å². The Morgan fingerprint density at radius 2 is 2.11 bits per heavy atom. The van der Waals surface area contributed by atoms with E-state index in [4.69, 9.17) is 5.73 Å². The number of benzene rings is 1. The number of aryl methyl sites for hydroxylation is 1. The van der Waals surface area contributed by atoms with Crippen LogP contribution < -0.4 is 5.73 Å². The first-order chi connectivity index (χ1) is 9.10. The minimum atomic E-state index is -0.339. The van der Waals surface area contributed by atoms with E-state index >= 15 is 0 Å². The van der Waals surface area contributed by atoms with Crippen molar-refractivity contribution in [1.82, 2.24) is 15.2 Å². The monoisotopic (exact) mass is 276 g/mol. The molecule has 0 aliphatic rings. The molecule has 5 nitrogen and oxygen atoms in total. The summed E-state index contributed by atoms with van der Waals surface area (Å²) in [6.45, 7) is 3.94. The number of thioether (sulfide) groups is 1. The molecule has 0 radical (unpaired) electrons. The standard InChI is InChI=1S/C13H16N4OS/c1-3-10(11(14)18)19-13-15-12(16-17-13)9-6-4-8(2)5-7-9/h4-7,10H,3H2,1-2H3,(H2,14,18)(H,15,16,17)/t10-/m0/s1. The van der Waals surface area contributed by atoms with Gasteiger partial charge in [-0.05, 0) is 13.3 Å². The number of carbonyl (C=O) groups is 1. The molecule has 0 saturated heterocycles. The van der Waals surface area contributed by atoms with Gasteiger partial charge in [-0.25, -0.2) is 4.98 Å². The molecule has 0 fully saturated rings. The van der Waals surface area contributed by atoms with Crippen molar-refractivity contribution < 1.29 is 4.79 Å². The third-order valence-electron chi connectivity index (χ3n) is 2.73. The van der Waals surface area contributed by atoms with Crippen LogP contribution in [-0.4, -0.2) is 26.3 Å². The van der Waals surface area contributed by atoms with Crippen LogP contribution in [0.3, 0.4) is 0 Å². The highest BCUT2D eigenvalue weighted by molar-refractivity contribution is 8.00. The van der Waals surface area contributed by atoms with Crippen LogP contribution in [0, 0.1) is 6.92 Å². The molecule has 0 bridgehead atoms. The fourth-order valence-corrected chi connectivity index (χ4v) is 2.39. The summed E-state index contributed by atoms with van der Waals surface area (Å²) in [4.78, 5) is 15.6. The summed E-state index contributed by atoms with van der Waals surface area (Å²) in [7, 11) is 0. The third kappa shape index (κ3) is 3.35. The second-order valence-electron chi connectivity index (χ2n) is 4.25. The maximum absolute atomic E-state index is 11.2. The highest BCUT2D eigenvalue weighted by Gasteiger charge is 2.17. The Balaban J connectivity index is 2.15. The van der Waals surface area contributed by atoms with Gasteiger partial charge in [0, 0.05) is 5.56 Å². The fourth-order valence-electron chi connectivity index (χ4n) is 1.61. The second-order valence-corrected chi connectivity index (χ2v) is 5.42. The lowest BCUT2D eigenvalue weighted by Crippen LogP contribution is -2.24. The van der Waals surface area contributed by atoms with Crippen LogP contribution in [0.4, 0.5) is 0 Å². The van der Waals surface area contributed by atoms with Crippen molar-refractivity contribution in [2.24, 2.45) is 5.73 Å². The van der Waals surface area contributed by atoms with E-state index < -0.39 is 0 Å². The van der Waals surface area contributed by atoms with Crippen molar-refractivity contribution in [3.63, 3.8) is 0 Å². The number of hydrogen-bond acceptors (Lipinski definition) is 4. The van der Waals surface area contributed by atoms with E-state index in [9.17, 15) is 4.79 Å². The number of nitrogens with one attached hydrogen (secondary N) is 1. The number of H-pyrrole nitrogens is 1. The first-order valence-corrected chi connectivity index (χ1v) is 6.93. The molecule has 2 rings (SSSR count). The number of aromatic nitrogens is 3. The van der Waals surface area contributed by atoms with Gasteiger partial charge in [-0.3, -0.25) is 9.89 Å². The van der Waals surface area contributed by atoms with Gasteiger partial charge < -0.3 is 5.73 Å². The largest absolute Gasteiger partial charge is 0.369 e. The molecule has 1 amide bonds. The second kappa shape index (κ2) is 5.88. The normalized spacial score (nSPS) is 12.3. The predicted octanol–water partition coefficient (Wildman–Crippen LogP) is 2.14. The van der Waals surface area contributed by atoms with E-state index in [0.717, 1.165) is 5.56 Å². The molecule has 6 heteroatoms. The molecular formula is C13H16N4OS. The minimum Gasteiger partial charge on any atom is -0.369 e. The average molecular weight is 276 g/mol. The van der Waals surface area contributed by atoms with Crippen molar-refractivity contribution in [3.8, 4) is 11.4 Å². The van der Waals surface area contributed by atoms with Gasteiger partial charge in [0.1, 0.15) is 0 Å². The zero-order chi connectivity index (χ0) is 13.8. The topological polar surface area (TPSA) is 84.7 Å². The molecule has 1 atom stereocenters. The van der Waals surface area contributed by atoms with Gasteiger partial charge in [-0.2, -0.15) is 0 Å². The number of nitrogens with two attached hydrogens (primary N) is 1. The maximum Gasteiger partial charge on any atom is 0.231 e. The van der Waals surface area contributed by atoms with Crippen LogP contribution in [-0.2, 0) is 4.79 Å². The summed E-state index contributed by atoms with van der Waals surface area (Å²) < 4.78 is 0. The average Bonchev–Trinajstić information content (AvgIpc) is 2.85. The number of amides is 1. The Kier molecular flexibility index (Phi) is 4.21. The van der Waals surface area contributed by atoms with Crippen molar-refractivity contribution in [2.45, 2.75) is 30.7 Å². The Morgan fingerprint density at radius 3 is 2.68 bits per heavy atom. The van der Waals surface area contributed by atoms with Gasteiger partial charge in [0.25, 0.3) is 0 Å². The van der Waals surface area contributed by atoms with Gasteiger partial charge in [0.05, 0.1) is 5.25 Å². The van der Waals surface area contributed by atoms with E-state index in [1.807, 2.05) is 38.1 Å². The molecule has 2 aromatic rings. The molecule has 1 aromatic carbocycles. The van der Waals surface area contributed by atoms with Crippen molar-refractivity contribution in [1.29, 1.82) is 0 Å². The number of rotatable bonds is 5. The molecule has 1 heterocycles. The summed E-state index contributed by atoms with van der Waals surface area (Å²) in [6, 6.07) is 8.00. The lowest BCUT2D eigenvalue weighted by atomic mass is 10.1. The number of aromatic amines is 1. The number of nitrogens with zero attached hydrogens (tertiary/aromatic N) is 2. The van der Waals surface area contributed by atoms with E-state index in [1.165, 1.54) is 17.3 Å². The number of hydrogen-bond donors (Lipinski definition) is 2. The van der Waals surface area contributed by atoms with E-state index in [-0.39, 0.29) is 11.2 Å². The third-order valence-corrected chi connectivity index (χ3v) is 3.97. The summed E-state index contributed by atoms with van der Waals surface area (Å²) in [5, 5.41) is 7.23. The molecule has 0 aliphatic carbocycles. The van der Waals surface area contributed by atoms with Crippen LogP contribution >= 0.6 is 11.8 Å². The molecular weight excluding hydrogens is 260 g/mol. The van der Waals surface area contributed by atoms with E-state index in [1.54, 1.807) is 0 Å². The van der Waals surface area contributed by atoms with Gasteiger partial charge >= 0.3 is 0 Å². The summed E-state index contributed by atoms with van der Waals surface area (Å²) in [5.41, 5.74) is 7.47. The van der Waals surface area contributed by atoms with Gasteiger partial charge in [0.2, 0.25) is 11.1 Å². The minimum absolute atomic E-state index is 0.290. The molecule has 0 saturated carbocycles. The van der Waals surface area contributed by atoms with Crippen LogP contribution in [0.2, 0.25) is 0 Å². The number of primary amides is 1. The summed E-state index contributed by atoms with van der Waals surface area (Å²) >= 11 is 1.29. The van der Waals surface area contributed by atoms with Gasteiger partial charge in [-0.1, -0.05) is 48.5 Å². The Morgan fingerprint density at radius 1 is 1.42 bits per heavy atom. The molecule has 1 aromatic heterocycles. The predicted molar refractivity (Wildman–Crippen MR) is 75.7 cm³/mol. The Bertz CT molecular complexity index is 564. The lowest BCUT2D eigenvalue weighted by Gasteiger charge is -2.05. The zero-order valence-electron chi connectivity index (χ0n) is 10.9. The first kappa shape index (κ1) is 13.6. The van der Waals surface area contributed by atoms with E-state index in [2.05, 4.69) is 15.2 Å². The SMILES string of the molecule is CC[C@H](Sc1n[nH]c(-c2ccc(C)cc2)n1)C(N)=O. The Hall–Kier alpha value is -1.82. The molecule has 0 unspecified atom stereocenters. The fraction of sp³-hybridized carbons (Fsp3) is 0.308. The number of carbonyl (C=O) groups excluding carboxylic acids is 1. The van der Waals surface area contributed by atoms with Gasteiger partial charge in [0.15, 0.2) is 5.82 Å². The highest BCUT2D eigenvalue weighted by Crippen LogP contribution is 2.24. The smallest absolute Gasteiger partial charge is 0.231 e. The van der Waals surface area contributed by atoms with Crippen LogP contribution in [0.15, 0.2) is 29.4 Å². The summed E-state index contributed by atoms with van der Waals surface area (Å²) in [5.74, 6) is 0.357. The van der Waals surface area contributed by atoms with E-state index in [0.29, 0.717) is 17.4 Å².